The molecule has 140 valence electrons. The number of para-hydroxylation sites is 1. The molecule has 0 N–H and O–H groups in total. The summed E-state index contributed by atoms with van der Waals surface area (Å²) in [5.74, 6) is -0.00689. The number of rotatable bonds is 4. The Morgan fingerprint density at radius 2 is 1.78 bits per heavy atom. The Balaban J connectivity index is 1.64. The normalized spacial score (nSPS) is 22.9. The van der Waals surface area contributed by atoms with Gasteiger partial charge in [0, 0.05) is 25.3 Å². The van der Waals surface area contributed by atoms with Crippen molar-refractivity contribution in [2.45, 2.75) is 11.8 Å². The van der Waals surface area contributed by atoms with Crippen LogP contribution in [0.1, 0.15) is 17.5 Å². The van der Waals surface area contributed by atoms with Gasteiger partial charge in [0.1, 0.15) is 0 Å². The number of nitrogens with zero attached hydrogens (tertiary/aromatic N) is 2. The Hall–Kier alpha value is -2.44. The molecule has 1 atom stereocenters. The van der Waals surface area contributed by atoms with Gasteiger partial charge in [-0.05, 0) is 23.6 Å². The number of anilines is 1. The maximum absolute atomic E-state index is 13.4. The van der Waals surface area contributed by atoms with Crippen LogP contribution in [0.4, 0.5) is 5.69 Å². The summed E-state index contributed by atoms with van der Waals surface area (Å²) in [4.78, 5) is 15.2. The minimum Gasteiger partial charge on any atom is -0.307 e. The van der Waals surface area contributed by atoms with Crippen molar-refractivity contribution in [2.24, 2.45) is 0 Å². The molecule has 0 bridgehead atoms. The summed E-state index contributed by atoms with van der Waals surface area (Å²) in [7, 11) is -3.31. The Kier molecular flexibility index (Phi) is 4.40. The lowest BCUT2D eigenvalue weighted by atomic mass is 9.81. The summed E-state index contributed by atoms with van der Waals surface area (Å²) in [5, 5.41) is 0. The fourth-order valence-electron chi connectivity index (χ4n) is 4.09. The summed E-state index contributed by atoms with van der Waals surface area (Å²) < 4.78 is 25.4. The average Bonchev–Trinajstić information content (AvgIpc) is 3.20. The Labute approximate surface area is 160 Å². The van der Waals surface area contributed by atoms with E-state index in [1.807, 2.05) is 66.7 Å². The molecule has 27 heavy (non-hydrogen) atoms. The highest BCUT2D eigenvalue weighted by molar-refractivity contribution is 7.88. The smallest absolute Gasteiger partial charge is 0.239 e. The van der Waals surface area contributed by atoms with E-state index in [-0.39, 0.29) is 12.5 Å². The third-order valence-electron chi connectivity index (χ3n) is 5.47. The first kappa shape index (κ1) is 17.9. The molecule has 2 aromatic carbocycles. The van der Waals surface area contributed by atoms with Crippen molar-refractivity contribution in [3.63, 3.8) is 0 Å². The van der Waals surface area contributed by atoms with Crippen molar-refractivity contribution in [2.75, 3.05) is 30.8 Å². The fraction of sp³-hybridized carbons (Fsp3) is 0.286. The number of amides is 1. The van der Waals surface area contributed by atoms with Crippen LogP contribution in [-0.2, 0) is 20.2 Å². The number of carbonyl (C=O) groups excluding carboxylic acids is 1. The Morgan fingerprint density at radius 3 is 2.48 bits per heavy atom. The third-order valence-corrected chi connectivity index (χ3v) is 6.72. The van der Waals surface area contributed by atoms with Gasteiger partial charge in [0.05, 0.1) is 11.7 Å². The molecular weight excluding hydrogens is 360 g/mol. The molecule has 1 saturated heterocycles. The molecule has 0 radical (unpaired) electrons. The highest BCUT2D eigenvalue weighted by atomic mass is 32.2. The van der Waals surface area contributed by atoms with Crippen molar-refractivity contribution >= 4 is 27.7 Å². The highest BCUT2D eigenvalue weighted by Crippen LogP contribution is 2.47. The number of sulfonamides is 1. The van der Waals surface area contributed by atoms with Crippen molar-refractivity contribution in [3.8, 4) is 0 Å². The van der Waals surface area contributed by atoms with Gasteiger partial charge < -0.3 is 4.90 Å². The molecule has 2 aromatic rings. The molecule has 1 unspecified atom stereocenters. The van der Waals surface area contributed by atoms with Crippen LogP contribution in [0.3, 0.4) is 0 Å². The van der Waals surface area contributed by atoms with Crippen LogP contribution in [0.2, 0.25) is 0 Å². The van der Waals surface area contributed by atoms with Gasteiger partial charge >= 0.3 is 0 Å². The van der Waals surface area contributed by atoms with E-state index in [0.29, 0.717) is 19.5 Å². The van der Waals surface area contributed by atoms with Crippen LogP contribution in [0.25, 0.3) is 6.08 Å². The molecule has 2 aliphatic heterocycles. The quantitative estimate of drug-likeness (QED) is 0.817. The second-order valence-corrected chi connectivity index (χ2v) is 9.16. The van der Waals surface area contributed by atoms with Gasteiger partial charge in [0.15, 0.2) is 0 Å². The summed E-state index contributed by atoms with van der Waals surface area (Å²) in [6.45, 7) is 1.07. The second-order valence-electron chi connectivity index (χ2n) is 7.17. The fourth-order valence-corrected chi connectivity index (χ4v) is 4.97. The van der Waals surface area contributed by atoms with Crippen molar-refractivity contribution in [1.82, 2.24) is 4.31 Å². The molecule has 1 amide bonds. The first-order chi connectivity index (χ1) is 12.9. The largest absolute Gasteiger partial charge is 0.307 e. The van der Waals surface area contributed by atoms with Crippen molar-refractivity contribution in [1.29, 1.82) is 0 Å². The maximum Gasteiger partial charge on any atom is 0.239 e. The first-order valence-corrected chi connectivity index (χ1v) is 10.8. The zero-order valence-corrected chi connectivity index (χ0v) is 16.0. The second kappa shape index (κ2) is 6.62. The van der Waals surface area contributed by atoms with E-state index in [2.05, 4.69) is 0 Å². The van der Waals surface area contributed by atoms with Gasteiger partial charge in [-0.3, -0.25) is 4.79 Å². The van der Waals surface area contributed by atoms with Gasteiger partial charge in [0.25, 0.3) is 0 Å². The van der Waals surface area contributed by atoms with Crippen LogP contribution < -0.4 is 4.90 Å². The number of benzene rings is 2. The lowest BCUT2D eigenvalue weighted by Crippen LogP contribution is -2.43. The predicted molar refractivity (Wildman–Crippen MR) is 107 cm³/mol. The topological polar surface area (TPSA) is 57.7 Å². The predicted octanol–water partition coefficient (Wildman–Crippen LogP) is 2.65. The van der Waals surface area contributed by atoms with E-state index < -0.39 is 15.4 Å². The van der Waals surface area contributed by atoms with Crippen LogP contribution in [0.15, 0.2) is 60.7 Å². The zero-order valence-electron chi connectivity index (χ0n) is 15.2. The van der Waals surface area contributed by atoms with Crippen LogP contribution >= 0.6 is 0 Å². The molecule has 0 aliphatic carbocycles. The van der Waals surface area contributed by atoms with Gasteiger partial charge in [-0.2, -0.15) is 0 Å². The van der Waals surface area contributed by atoms with E-state index in [0.717, 1.165) is 16.8 Å². The van der Waals surface area contributed by atoms with Crippen molar-refractivity contribution in [3.05, 3.63) is 71.8 Å². The Bertz CT molecular complexity index is 1000. The van der Waals surface area contributed by atoms with Crippen LogP contribution in [0, 0.1) is 0 Å². The standard InChI is InChI=1S/C21H22N2O3S/c1-27(25,26)22-15-13-21(16-22)18-11-5-6-12-19(18)23(20(21)24)14-7-10-17-8-3-2-4-9-17/h2-12H,13-16H2,1H3. The molecule has 1 spiro atoms. The third kappa shape index (κ3) is 3.09. The SMILES string of the molecule is CS(=O)(=O)N1CCC2(C1)C(=O)N(CC=Cc1ccccc1)c1ccccc12. The lowest BCUT2D eigenvalue weighted by Gasteiger charge is -2.23. The molecule has 2 aliphatic rings. The van der Waals surface area contributed by atoms with E-state index in [1.165, 1.54) is 10.6 Å². The molecule has 1 fully saturated rings. The van der Waals surface area contributed by atoms with Crippen LogP contribution in [0.5, 0.6) is 0 Å². The number of carbonyl (C=O) groups is 1. The monoisotopic (exact) mass is 382 g/mol. The summed E-state index contributed by atoms with van der Waals surface area (Å²) >= 11 is 0. The molecule has 2 heterocycles. The molecule has 5 nitrogen and oxygen atoms in total. The highest BCUT2D eigenvalue weighted by Gasteiger charge is 2.55. The van der Waals surface area contributed by atoms with E-state index in [4.69, 9.17) is 0 Å². The molecule has 0 saturated carbocycles. The minimum absolute atomic E-state index is 0.00689. The van der Waals surface area contributed by atoms with Gasteiger partial charge in [-0.15, -0.1) is 0 Å². The maximum atomic E-state index is 13.4. The average molecular weight is 382 g/mol. The number of hydrogen-bond acceptors (Lipinski definition) is 3. The van der Waals surface area contributed by atoms with Gasteiger partial charge in [-0.1, -0.05) is 60.7 Å². The molecule has 4 rings (SSSR count). The molecule has 6 heteroatoms. The minimum atomic E-state index is -3.31. The summed E-state index contributed by atoms with van der Waals surface area (Å²) in [6.07, 6.45) is 5.71. The van der Waals surface area contributed by atoms with Crippen molar-refractivity contribution < 1.29 is 13.2 Å². The lowest BCUT2D eigenvalue weighted by molar-refractivity contribution is -0.122. The molecule has 0 aromatic heterocycles. The zero-order chi connectivity index (χ0) is 19.1. The van der Waals surface area contributed by atoms with E-state index in [9.17, 15) is 13.2 Å². The van der Waals surface area contributed by atoms with Gasteiger partial charge in [-0.25, -0.2) is 12.7 Å². The van der Waals surface area contributed by atoms with E-state index >= 15 is 0 Å². The first-order valence-electron chi connectivity index (χ1n) is 9.00. The van der Waals surface area contributed by atoms with Gasteiger partial charge in [0.2, 0.25) is 15.9 Å². The van der Waals surface area contributed by atoms with E-state index in [1.54, 1.807) is 4.90 Å². The summed E-state index contributed by atoms with van der Waals surface area (Å²) in [6, 6.07) is 17.7. The Morgan fingerprint density at radius 1 is 1.07 bits per heavy atom. The number of fused-ring (bicyclic) bond motifs is 2. The molecular formula is C21H22N2O3S. The number of hydrogen-bond donors (Lipinski definition) is 0. The van der Waals surface area contributed by atoms with Crippen LogP contribution in [-0.4, -0.2) is 44.5 Å². The summed E-state index contributed by atoms with van der Waals surface area (Å²) in [5.41, 5.74) is 2.14.